The quantitative estimate of drug-likeness (QED) is 0.428. The molecule has 1 atom stereocenters. The Kier molecular flexibility index (Phi) is 6.02. The van der Waals surface area contributed by atoms with Gasteiger partial charge in [0.1, 0.15) is 23.1 Å². The lowest BCUT2D eigenvalue weighted by atomic mass is 10.1. The molecule has 0 saturated carbocycles. The van der Waals surface area contributed by atoms with Crippen LogP contribution in [0.5, 0.6) is 11.5 Å². The number of nitrogens with one attached hydrogen (secondary N) is 2. The maximum absolute atomic E-state index is 12.2. The highest BCUT2D eigenvalue weighted by molar-refractivity contribution is 6.07. The Labute approximate surface area is 146 Å². The van der Waals surface area contributed by atoms with E-state index < -0.39 is 5.91 Å². The number of ether oxygens (including phenoxy) is 1. The minimum absolute atomic E-state index is 0.0623. The summed E-state index contributed by atoms with van der Waals surface area (Å²) in [6.45, 7) is 1.91. The molecule has 2 aromatic carbocycles. The van der Waals surface area contributed by atoms with Crippen LogP contribution in [-0.2, 0) is 4.79 Å². The second-order valence-corrected chi connectivity index (χ2v) is 5.30. The highest BCUT2D eigenvalue weighted by Crippen LogP contribution is 2.22. The van der Waals surface area contributed by atoms with Gasteiger partial charge in [0, 0.05) is 12.2 Å². The van der Waals surface area contributed by atoms with Crippen molar-refractivity contribution in [3.8, 4) is 17.6 Å². The first kappa shape index (κ1) is 17.9. The van der Waals surface area contributed by atoms with E-state index >= 15 is 0 Å². The number of hydrogen-bond acceptors (Lipinski definition) is 5. The largest absolute Gasteiger partial charge is 0.506 e. The summed E-state index contributed by atoms with van der Waals surface area (Å²) in [4.78, 5) is 12.2. The Morgan fingerprint density at radius 1 is 1.24 bits per heavy atom. The summed E-state index contributed by atoms with van der Waals surface area (Å²) in [7, 11) is 1.60. The van der Waals surface area contributed by atoms with Gasteiger partial charge < -0.3 is 20.5 Å². The summed E-state index contributed by atoms with van der Waals surface area (Å²) in [6, 6.07) is 15.6. The third-order valence-electron chi connectivity index (χ3n) is 3.61. The Balaban J connectivity index is 2.04. The van der Waals surface area contributed by atoms with Gasteiger partial charge in [-0.25, -0.2) is 0 Å². The second kappa shape index (κ2) is 8.41. The molecule has 128 valence electrons. The number of rotatable bonds is 6. The van der Waals surface area contributed by atoms with Crippen LogP contribution < -0.4 is 15.4 Å². The fraction of sp³-hybridized carbons (Fsp3) is 0.158. The summed E-state index contributed by atoms with van der Waals surface area (Å²) in [6.07, 6.45) is 1.37. The fourth-order valence-electron chi connectivity index (χ4n) is 2.11. The van der Waals surface area contributed by atoms with E-state index in [9.17, 15) is 15.2 Å². The molecule has 0 radical (unpaired) electrons. The van der Waals surface area contributed by atoms with E-state index in [4.69, 9.17) is 4.74 Å². The van der Waals surface area contributed by atoms with Crippen molar-refractivity contribution in [2.45, 2.75) is 13.0 Å². The number of amides is 1. The van der Waals surface area contributed by atoms with Gasteiger partial charge in [0.2, 0.25) is 0 Å². The van der Waals surface area contributed by atoms with E-state index in [0.29, 0.717) is 0 Å². The van der Waals surface area contributed by atoms with Crippen molar-refractivity contribution in [1.29, 1.82) is 5.26 Å². The number of nitrogens with zero attached hydrogens (tertiary/aromatic N) is 1. The molecule has 1 unspecified atom stereocenters. The first-order valence-electron chi connectivity index (χ1n) is 7.64. The summed E-state index contributed by atoms with van der Waals surface area (Å²) >= 11 is 0. The van der Waals surface area contributed by atoms with Crippen molar-refractivity contribution in [3.63, 3.8) is 0 Å². The molecule has 0 bridgehead atoms. The van der Waals surface area contributed by atoms with Crippen molar-refractivity contribution >= 4 is 11.6 Å². The number of hydrogen-bond donors (Lipinski definition) is 3. The first-order valence-corrected chi connectivity index (χ1v) is 7.64. The third-order valence-corrected chi connectivity index (χ3v) is 3.61. The van der Waals surface area contributed by atoms with Crippen molar-refractivity contribution in [3.05, 3.63) is 65.9 Å². The Morgan fingerprint density at radius 2 is 1.92 bits per heavy atom. The number of methoxy groups -OCH3 is 1. The molecule has 1 amide bonds. The third kappa shape index (κ3) is 4.75. The van der Waals surface area contributed by atoms with Gasteiger partial charge in [-0.05, 0) is 36.8 Å². The lowest BCUT2D eigenvalue weighted by Gasteiger charge is -2.13. The molecule has 2 rings (SSSR count). The van der Waals surface area contributed by atoms with Crippen LogP contribution in [0.1, 0.15) is 18.5 Å². The number of phenols is 1. The molecule has 6 heteroatoms. The predicted octanol–water partition coefficient (Wildman–Crippen LogP) is 3.10. The minimum atomic E-state index is -0.599. The average molecular weight is 337 g/mol. The van der Waals surface area contributed by atoms with Gasteiger partial charge in [-0.2, -0.15) is 5.26 Å². The number of benzene rings is 2. The molecular weight excluding hydrogens is 318 g/mol. The van der Waals surface area contributed by atoms with Crippen LogP contribution in [0.2, 0.25) is 0 Å². The maximum atomic E-state index is 12.2. The van der Waals surface area contributed by atoms with E-state index in [1.54, 1.807) is 25.3 Å². The number of carbonyl (C=O) groups excluding carboxylic acids is 1. The number of carbonyl (C=O) groups is 1. The van der Waals surface area contributed by atoms with Crippen LogP contribution in [0.15, 0.2) is 60.3 Å². The van der Waals surface area contributed by atoms with Gasteiger partial charge in [-0.3, -0.25) is 4.79 Å². The summed E-state index contributed by atoms with van der Waals surface area (Å²) < 4.78 is 5.11. The molecule has 25 heavy (non-hydrogen) atoms. The molecule has 6 nitrogen and oxygen atoms in total. The predicted molar refractivity (Wildman–Crippen MR) is 95.0 cm³/mol. The van der Waals surface area contributed by atoms with Crippen LogP contribution in [0.3, 0.4) is 0 Å². The van der Waals surface area contributed by atoms with E-state index in [-0.39, 0.29) is 23.1 Å². The Morgan fingerprint density at radius 3 is 2.52 bits per heavy atom. The molecule has 0 fully saturated rings. The highest BCUT2D eigenvalue weighted by Gasteiger charge is 2.12. The molecule has 0 aliphatic carbocycles. The van der Waals surface area contributed by atoms with Crippen LogP contribution in [-0.4, -0.2) is 18.1 Å². The summed E-state index contributed by atoms with van der Waals surface area (Å²) in [5.41, 5.74) is 1.14. The van der Waals surface area contributed by atoms with Gasteiger partial charge in [0.05, 0.1) is 12.8 Å². The van der Waals surface area contributed by atoms with Gasteiger partial charge in [0.25, 0.3) is 5.91 Å². The smallest absolute Gasteiger partial charge is 0.267 e. The lowest BCUT2D eigenvalue weighted by Crippen LogP contribution is -2.18. The molecule has 0 saturated heterocycles. The van der Waals surface area contributed by atoms with Crippen LogP contribution in [0.4, 0.5) is 5.69 Å². The van der Waals surface area contributed by atoms with Crippen molar-refractivity contribution < 1.29 is 14.6 Å². The SMILES string of the molecule is COc1ccc(C(C)N/C=C(/C#N)C(=O)Nc2ccccc2O)cc1. The minimum Gasteiger partial charge on any atom is -0.506 e. The number of anilines is 1. The number of nitriles is 1. The second-order valence-electron chi connectivity index (χ2n) is 5.30. The van der Waals surface area contributed by atoms with Crippen LogP contribution >= 0.6 is 0 Å². The van der Waals surface area contributed by atoms with E-state index in [1.165, 1.54) is 12.3 Å². The molecule has 0 heterocycles. The van der Waals surface area contributed by atoms with Crippen molar-refractivity contribution in [2.24, 2.45) is 0 Å². The molecular formula is C19H19N3O3. The van der Waals surface area contributed by atoms with Crippen LogP contribution in [0, 0.1) is 11.3 Å². The van der Waals surface area contributed by atoms with E-state index in [2.05, 4.69) is 10.6 Å². The zero-order valence-corrected chi connectivity index (χ0v) is 14.0. The number of phenolic OH excluding ortho intramolecular Hbond substituents is 1. The number of aromatic hydroxyl groups is 1. The van der Waals surface area contributed by atoms with Crippen molar-refractivity contribution in [2.75, 3.05) is 12.4 Å². The molecule has 0 aromatic heterocycles. The van der Waals surface area contributed by atoms with E-state index in [1.807, 2.05) is 37.3 Å². The Bertz CT molecular complexity index is 807. The molecule has 0 aliphatic rings. The molecule has 3 N–H and O–H groups in total. The van der Waals surface area contributed by atoms with E-state index in [0.717, 1.165) is 11.3 Å². The Hall–Kier alpha value is -3.46. The zero-order valence-electron chi connectivity index (χ0n) is 14.0. The van der Waals surface area contributed by atoms with Crippen LogP contribution in [0.25, 0.3) is 0 Å². The topological polar surface area (TPSA) is 94.4 Å². The highest BCUT2D eigenvalue weighted by atomic mass is 16.5. The van der Waals surface area contributed by atoms with Gasteiger partial charge in [-0.1, -0.05) is 24.3 Å². The standard InChI is InChI=1S/C19H19N3O3/c1-13(14-7-9-16(25-2)10-8-14)21-12-15(11-20)19(24)22-17-5-3-4-6-18(17)23/h3-10,12-13,21,23H,1-2H3,(H,22,24)/b15-12-. The summed E-state index contributed by atoms with van der Waals surface area (Å²) in [5, 5.41) is 24.4. The molecule has 0 aliphatic heterocycles. The summed E-state index contributed by atoms with van der Waals surface area (Å²) in [5.74, 6) is 0.0948. The van der Waals surface area contributed by atoms with Crippen molar-refractivity contribution in [1.82, 2.24) is 5.32 Å². The average Bonchev–Trinajstić information content (AvgIpc) is 2.64. The maximum Gasteiger partial charge on any atom is 0.267 e. The lowest BCUT2D eigenvalue weighted by molar-refractivity contribution is -0.112. The van der Waals surface area contributed by atoms with Gasteiger partial charge in [-0.15, -0.1) is 0 Å². The zero-order chi connectivity index (χ0) is 18.2. The first-order chi connectivity index (χ1) is 12.0. The monoisotopic (exact) mass is 337 g/mol. The fourth-order valence-corrected chi connectivity index (χ4v) is 2.11. The molecule has 0 spiro atoms. The van der Waals surface area contributed by atoms with Gasteiger partial charge >= 0.3 is 0 Å². The number of para-hydroxylation sites is 2. The normalized spacial score (nSPS) is 12.0. The molecule has 2 aromatic rings. The van der Waals surface area contributed by atoms with Gasteiger partial charge in [0.15, 0.2) is 0 Å².